The summed E-state index contributed by atoms with van der Waals surface area (Å²) in [4.78, 5) is 4.53. The number of aliphatic imine (C=N–C) groups is 1. The number of guanidine groups is 1. The van der Waals surface area contributed by atoms with E-state index in [0.29, 0.717) is 37.1 Å². The predicted molar refractivity (Wildman–Crippen MR) is 124 cm³/mol. The van der Waals surface area contributed by atoms with Gasteiger partial charge in [0.25, 0.3) is 0 Å². The molecule has 0 aliphatic carbocycles. The van der Waals surface area contributed by atoms with Crippen molar-refractivity contribution in [3.63, 3.8) is 0 Å². The Hall–Kier alpha value is -2.05. The largest absolute Gasteiger partial charge is 0.493 e. The van der Waals surface area contributed by atoms with Crippen molar-refractivity contribution >= 4 is 40.0 Å². The summed E-state index contributed by atoms with van der Waals surface area (Å²) in [6, 6.07) is 12.1. The molecule has 0 amide bonds. The van der Waals surface area contributed by atoms with Crippen molar-refractivity contribution < 1.29 is 17.9 Å². The summed E-state index contributed by atoms with van der Waals surface area (Å²) in [6.45, 7) is 2.90. The van der Waals surface area contributed by atoms with Gasteiger partial charge in [-0.2, -0.15) is 0 Å². The monoisotopic (exact) mass is 534 g/mol. The second-order valence-electron chi connectivity index (χ2n) is 5.89. The Morgan fingerprint density at radius 2 is 1.66 bits per heavy atom. The van der Waals surface area contributed by atoms with Gasteiger partial charge >= 0.3 is 0 Å². The van der Waals surface area contributed by atoms with Crippen LogP contribution in [-0.4, -0.2) is 35.1 Å². The van der Waals surface area contributed by atoms with Gasteiger partial charge in [0.15, 0.2) is 17.5 Å². The molecule has 2 aromatic carbocycles. The summed E-state index contributed by atoms with van der Waals surface area (Å²) >= 11 is 0. The zero-order valence-corrected chi connectivity index (χ0v) is 19.8. The molecule has 0 radical (unpaired) electrons. The van der Waals surface area contributed by atoms with Crippen molar-refractivity contribution in [3.8, 4) is 11.5 Å². The fraction of sp³-hybridized carbons (Fsp3) is 0.316. The van der Waals surface area contributed by atoms with E-state index in [2.05, 4.69) is 15.0 Å². The molecule has 0 fully saturated rings. The highest BCUT2D eigenvalue weighted by Gasteiger charge is 2.11. The fourth-order valence-electron chi connectivity index (χ4n) is 2.46. The summed E-state index contributed by atoms with van der Waals surface area (Å²) < 4.78 is 36.8. The number of hydrogen-bond donors (Lipinski definition) is 3. The molecule has 0 saturated heterocycles. The number of nitrogens with zero attached hydrogens (tertiary/aromatic N) is 1. The number of halogens is 1. The van der Waals surface area contributed by atoms with Crippen LogP contribution in [0.4, 0.5) is 0 Å². The highest BCUT2D eigenvalue weighted by molar-refractivity contribution is 14.0. The lowest BCUT2D eigenvalue weighted by Gasteiger charge is -2.09. The second kappa shape index (κ2) is 11.8. The average molecular weight is 534 g/mol. The number of rotatable bonds is 9. The van der Waals surface area contributed by atoms with Crippen LogP contribution in [0.1, 0.15) is 18.1 Å². The molecule has 4 N–H and O–H groups in total. The Morgan fingerprint density at radius 3 is 2.24 bits per heavy atom. The van der Waals surface area contributed by atoms with Gasteiger partial charge in [-0.05, 0) is 35.4 Å². The van der Waals surface area contributed by atoms with Crippen molar-refractivity contribution in [2.75, 3.05) is 20.8 Å². The quantitative estimate of drug-likeness (QED) is 0.258. The molecule has 29 heavy (non-hydrogen) atoms. The molecule has 0 saturated carbocycles. The highest BCUT2D eigenvalue weighted by Crippen LogP contribution is 2.27. The fourth-order valence-corrected chi connectivity index (χ4v) is 3.50. The lowest BCUT2D eigenvalue weighted by atomic mass is 10.2. The van der Waals surface area contributed by atoms with Gasteiger partial charge in [0.1, 0.15) is 0 Å². The molecular weight excluding hydrogens is 507 g/mol. The molecule has 0 aliphatic rings. The zero-order chi connectivity index (χ0) is 20.6. The molecule has 0 aromatic heterocycles. The van der Waals surface area contributed by atoms with Gasteiger partial charge in [-0.15, -0.1) is 24.0 Å². The van der Waals surface area contributed by atoms with Gasteiger partial charge in [-0.3, -0.25) is 0 Å². The minimum atomic E-state index is -3.45. The molecule has 2 aromatic rings. The molecule has 8 nitrogen and oxygen atoms in total. The molecule has 0 heterocycles. The summed E-state index contributed by atoms with van der Waals surface area (Å²) in [5.41, 5.74) is 7.73. The van der Waals surface area contributed by atoms with E-state index in [0.717, 1.165) is 11.1 Å². The molecule has 0 aliphatic heterocycles. The Bertz CT molecular complexity index is 918. The Labute approximate surface area is 189 Å². The van der Waals surface area contributed by atoms with Crippen molar-refractivity contribution in [2.45, 2.75) is 24.9 Å². The average Bonchev–Trinajstić information content (AvgIpc) is 2.70. The number of nitrogens with one attached hydrogen (secondary N) is 2. The van der Waals surface area contributed by atoms with Gasteiger partial charge < -0.3 is 20.5 Å². The maximum Gasteiger partial charge on any atom is 0.240 e. The minimum absolute atomic E-state index is 0. The van der Waals surface area contributed by atoms with Crippen LogP contribution in [0.15, 0.2) is 52.4 Å². The van der Waals surface area contributed by atoms with Crippen LogP contribution in [-0.2, 0) is 23.1 Å². The van der Waals surface area contributed by atoms with E-state index in [1.807, 2.05) is 18.2 Å². The van der Waals surface area contributed by atoms with Crippen molar-refractivity contribution in [3.05, 3.63) is 53.6 Å². The van der Waals surface area contributed by atoms with Gasteiger partial charge in [-0.25, -0.2) is 18.1 Å². The van der Waals surface area contributed by atoms with Crippen molar-refractivity contribution in [1.82, 2.24) is 10.0 Å². The molecule has 10 heteroatoms. The standard InChI is InChI=1S/C19H26N4O4S.HI/c1-4-23-28(24,25)16-8-5-14(6-9-16)12-21-19(20)22-13-15-7-10-17(26-2)18(11-15)27-3;/h5-11,23H,4,12-13H2,1-3H3,(H3,20,21,22);1H. The lowest BCUT2D eigenvalue weighted by Crippen LogP contribution is -2.31. The lowest BCUT2D eigenvalue weighted by molar-refractivity contribution is 0.354. The molecule has 0 bridgehead atoms. The first-order valence-electron chi connectivity index (χ1n) is 8.73. The third kappa shape index (κ3) is 7.37. The van der Waals surface area contributed by atoms with Gasteiger partial charge in [0.05, 0.1) is 25.7 Å². The minimum Gasteiger partial charge on any atom is -0.493 e. The van der Waals surface area contributed by atoms with Gasteiger partial charge in [0, 0.05) is 13.1 Å². The van der Waals surface area contributed by atoms with Crippen LogP contribution in [0.3, 0.4) is 0 Å². The summed E-state index contributed by atoms with van der Waals surface area (Å²) in [6.07, 6.45) is 0. The van der Waals surface area contributed by atoms with Crippen molar-refractivity contribution in [1.29, 1.82) is 0 Å². The SMILES string of the molecule is CCNS(=O)(=O)c1ccc(CNC(N)=NCc2ccc(OC)c(OC)c2)cc1.I. The molecule has 0 atom stereocenters. The first-order chi connectivity index (χ1) is 13.4. The Balaban J connectivity index is 0.00000420. The van der Waals surface area contributed by atoms with Crippen LogP contribution < -0.4 is 25.2 Å². The number of sulfonamides is 1. The van der Waals surface area contributed by atoms with Crippen molar-refractivity contribution in [2.24, 2.45) is 10.7 Å². The van der Waals surface area contributed by atoms with E-state index in [-0.39, 0.29) is 28.9 Å². The number of nitrogens with two attached hydrogens (primary N) is 1. The van der Waals surface area contributed by atoms with E-state index in [9.17, 15) is 8.42 Å². The molecule has 2 rings (SSSR count). The molecular formula is C19H27IN4O4S. The number of ether oxygens (including phenoxy) is 2. The number of benzene rings is 2. The maximum atomic E-state index is 11.9. The van der Waals surface area contributed by atoms with E-state index in [1.54, 1.807) is 45.4 Å². The Morgan fingerprint density at radius 1 is 1.03 bits per heavy atom. The van der Waals surface area contributed by atoms with Crippen LogP contribution in [0, 0.1) is 0 Å². The highest BCUT2D eigenvalue weighted by atomic mass is 127. The maximum absolute atomic E-state index is 11.9. The van der Waals surface area contributed by atoms with E-state index in [4.69, 9.17) is 15.2 Å². The molecule has 0 unspecified atom stereocenters. The molecule has 160 valence electrons. The normalized spacial score (nSPS) is 11.5. The number of hydrogen-bond acceptors (Lipinski definition) is 5. The second-order valence-corrected chi connectivity index (χ2v) is 7.66. The Kier molecular flexibility index (Phi) is 10.2. The predicted octanol–water partition coefficient (Wildman–Crippen LogP) is 2.22. The molecule has 0 spiro atoms. The third-order valence-electron chi connectivity index (χ3n) is 3.92. The summed E-state index contributed by atoms with van der Waals surface area (Å²) in [7, 11) is -0.284. The van der Waals surface area contributed by atoms with E-state index < -0.39 is 10.0 Å². The van der Waals surface area contributed by atoms with Gasteiger partial charge in [0.2, 0.25) is 10.0 Å². The summed E-state index contributed by atoms with van der Waals surface area (Å²) in [5, 5.41) is 3.01. The van der Waals surface area contributed by atoms with Crippen LogP contribution in [0.25, 0.3) is 0 Å². The first kappa shape index (κ1) is 25.0. The van der Waals surface area contributed by atoms with E-state index in [1.165, 1.54) is 0 Å². The smallest absolute Gasteiger partial charge is 0.240 e. The summed E-state index contributed by atoms with van der Waals surface area (Å²) in [5.74, 6) is 1.58. The topological polar surface area (TPSA) is 115 Å². The van der Waals surface area contributed by atoms with E-state index >= 15 is 0 Å². The number of methoxy groups -OCH3 is 2. The first-order valence-corrected chi connectivity index (χ1v) is 10.2. The zero-order valence-electron chi connectivity index (χ0n) is 16.6. The van der Waals surface area contributed by atoms with Gasteiger partial charge in [-0.1, -0.05) is 25.1 Å². The van der Waals surface area contributed by atoms with Crippen LogP contribution >= 0.6 is 24.0 Å². The third-order valence-corrected chi connectivity index (χ3v) is 5.48. The van der Waals surface area contributed by atoms with Crippen LogP contribution in [0.2, 0.25) is 0 Å². The van der Waals surface area contributed by atoms with Crippen LogP contribution in [0.5, 0.6) is 11.5 Å².